The first-order valence-corrected chi connectivity index (χ1v) is 13.6. The number of nitrogens with zero attached hydrogens (tertiary/aromatic N) is 1. The number of methoxy groups -OCH3 is 1. The van der Waals surface area contributed by atoms with Crippen LogP contribution in [0.15, 0.2) is 106 Å². The van der Waals surface area contributed by atoms with E-state index in [-0.39, 0.29) is 22.2 Å². The van der Waals surface area contributed by atoms with Crippen LogP contribution in [0.1, 0.15) is 15.9 Å². The molecule has 0 aromatic heterocycles. The highest BCUT2D eigenvalue weighted by atomic mass is 35.5. The molecule has 7 nitrogen and oxygen atoms in total. The highest BCUT2D eigenvalue weighted by Crippen LogP contribution is 2.39. The lowest BCUT2D eigenvalue weighted by Gasteiger charge is -2.16. The summed E-state index contributed by atoms with van der Waals surface area (Å²) in [5.74, 6) is -1.43. The number of rotatable bonds is 8. The van der Waals surface area contributed by atoms with E-state index < -0.39 is 17.6 Å². The molecule has 0 unspecified atom stereocenters. The third-order valence-corrected chi connectivity index (χ3v) is 7.52. The number of amides is 3. The minimum absolute atomic E-state index is 0.0633. The van der Waals surface area contributed by atoms with Gasteiger partial charge >= 0.3 is 0 Å². The molecular weight excluding hydrogens is 565 g/mol. The third kappa shape index (κ3) is 6.11. The summed E-state index contributed by atoms with van der Waals surface area (Å²) in [6.07, 6.45) is 0. The van der Waals surface area contributed by atoms with E-state index in [1.165, 1.54) is 31.4 Å². The molecule has 2 N–H and O–H groups in total. The van der Waals surface area contributed by atoms with Gasteiger partial charge in [-0.25, -0.2) is 9.29 Å². The van der Waals surface area contributed by atoms with Crippen LogP contribution in [0, 0.1) is 12.7 Å². The fraction of sp³-hybridized carbons (Fsp3) is 0.0645. The van der Waals surface area contributed by atoms with E-state index in [1.54, 1.807) is 54.6 Å². The Morgan fingerprint density at radius 2 is 1.59 bits per heavy atom. The van der Waals surface area contributed by atoms with E-state index in [9.17, 15) is 18.8 Å². The van der Waals surface area contributed by atoms with Crippen LogP contribution in [-0.2, 0) is 9.59 Å². The van der Waals surface area contributed by atoms with Crippen LogP contribution in [0.25, 0.3) is 0 Å². The maximum Gasteiger partial charge on any atom is 0.283 e. The molecule has 4 aromatic carbocycles. The van der Waals surface area contributed by atoms with Crippen molar-refractivity contribution in [1.29, 1.82) is 0 Å². The lowest BCUT2D eigenvalue weighted by atomic mass is 10.2. The lowest BCUT2D eigenvalue weighted by molar-refractivity contribution is -0.120. The van der Waals surface area contributed by atoms with Gasteiger partial charge in [0.15, 0.2) is 0 Å². The van der Waals surface area contributed by atoms with Gasteiger partial charge in [-0.2, -0.15) is 0 Å². The minimum Gasteiger partial charge on any atom is -0.495 e. The van der Waals surface area contributed by atoms with Gasteiger partial charge in [-0.15, -0.1) is 0 Å². The highest BCUT2D eigenvalue weighted by Gasteiger charge is 2.40. The standard InChI is InChI=1S/C31H23ClFN3O4S/c1-18-3-16-26(40-2)25(17-18)35-27-28(31(39)36(30(27)38)23-12-8-21(33)9-13-23)41-24-14-10-22(11-15-24)34-29(37)19-4-6-20(32)7-5-19/h3-17,35H,1-2H3,(H,34,37). The number of imide groups is 1. The number of carbonyl (C=O) groups excluding carboxylic acids is 3. The van der Waals surface area contributed by atoms with Crippen molar-refractivity contribution in [2.45, 2.75) is 11.8 Å². The molecule has 3 amide bonds. The quantitative estimate of drug-likeness (QED) is 0.215. The first kappa shape index (κ1) is 27.9. The van der Waals surface area contributed by atoms with Crippen molar-refractivity contribution in [3.8, 4) is 5.75 Å². The molecule has 206 valence electrons. The van der Waals surface area contributed by atoms with Gasteiger partial charge in [0.1, 0.15) is 22.2 Å². The van der Waals surface area contributed by atoms with Crippen molar-refractivity contribution in [1.82, 2.24) is 0 Å². The van der Waals surface area contributed by atoms with Gasteiger partial charge in [0.2, 0.25) is 0 Å². The molecule has 1 aliphatic heterocycles. The van der Waals surface area contributed by atoms with Crippen molar-refractivity contribution in [3.63, 3.8) is 0 Å². The number of thioether (sulfide) groups is 1. The van der Waals surface area contributed by atoms with Crippen molar-refractivity contribution in [2.24, 2.45) is 0 Å². The van der Waals surface area contributed by atoms with Crippen LogP contribution < -0.4 is 20.3 Å². The summed E-state index contributed by atoms with van der Waals surface area (Å²) in [5.41, 5.74) is 2.75. The largest absolute Gasteiger partial charge is 0.495 e. The second kappa shape index (κ2) is 11.9. The number of nitrogens with one attached hydrogen (secondary N) is 2. The van der Waals surface area contributed by atoms with E-state index in [4.69, 9.17) is 16.3 Å². The Morgan fingerprint density at radius 3 is 2.24 bits per heavy atom. The van der Waals surface area contributed by atoms with Gasteiger partial charge in [-0.05, 0) is 97.4 Å². The summed E-state index contributed by atoms with van der Waals surface area (Å²) >= 11 is 7.00. The zero-order chi connectivity index (χ0) is 29.1. The minimum atomic E-state index is -0.584. The zero-order valence-corrected chi connectivity index (χ0v) is 23.5. The first-order chi connectivity index (χ1) is 19.7. The summed E-state index contributed by atoms with van der Waals surface area (Å²) in [5, 5.41) is 6.45. The Hall–Kier alpha value is -4.60. The molecule has 0 saturated carbocycles. The molecule has 0 saturated heterocycles. The van der Waals surface area contributed by atoms with Gasteiger partial charge < -0.3 is 15.4 Å². The summed E-state index contributed by atoms with van der Waals surface area (Å²) in [6, 6.07) is 24.0. The fourth-order valence-corrected chi connectivity index (χ4v) is 5.17. The molecule has 0 aliphatic carbocycles. The number of benzene rings is 4. The number of anilines is 3. The van der Waals surface area contributed by atoms with Crippen molar-refractivity contribution in [2.75, 3.05) is 22.6 Å². The zero-order valence-electron chi connectivity index (χ0n) is 21.9. The Balaban J connectivity index is 1.44. The Bertz CT molecular complexity index is 1670. The van der Waals surface area contributed by atoms with Gasteiger partial charge in [0.05, 0.1) is 18.5 Å². The summed E-state index contributed by atoms with van der Waals surface area (Å²) in [6.45, 7) is 1.90. The van der Waals surface area contributed by atoms with Crippen LogP contribution in [0.5, 0.6) is 5.75 Å². The van der Waals surface area contributed by atoms with Crippen LogP contribution >= 0.6 is 23.4 Å². The summed E-state index contributed by atoms with van der Waals surface area (Å²) < 4.78 is 19.0. The van der Waals surface area contributed by atoms with Crippen LogP contribution in [0.4, 0.5) is 21.5 Å². The van der Waals surface area contributed by atoms with Gasteiger partial charge in [-0.3, -0.25) is 14.4 Å². The Kier molecular flexibility index (Phi) is 8.09. The number of hydrogen-bond donors (Lipinski definition) is 2. The molecular formula is C31H23ClFN3O4S. The number of carbonyl (C=O) groups is 3. The van der Waals surface area contributed by atoms with Crippen LogP contribution in [-0.4, -0.2) is 24.8 Å². The molecule has 1 aliphatic rings. The molecule has 0 spiro atoms. The van der Waals surface area contributed by atoms with Crippen molar-refractivity contribution >= 4 is 58.1 Å². The molecule has 0 atom stereocenters. The Labute approximate surface area is 245 Å². The van der Waals surface area contributed by atoms with Crippen LogP contribution in [0.2, 0.25) is 5.02 Å². The van der Waals surface area contributed by atoms with E-state index in [2.05, 4.69) is 10.6 Å². The predicted molar refractivity (Wildman–Crippen MR) is 159 cm³/mol. The summed E-state index contributed by atoms with van der Waals surface area (Å²) in [4.78, 5) is 41.6. The maximum atomic E-state index is 13.6. The van der Waals surface area contributed by atoms with Crippen LogP contribution in [0.3, 0.4) is 0 Å². The third-order valence-electron chi connectivity index (χ3n) is 6.18. The molecule has 4 aromatic rings. The first-order valence-electron chi connectivity index (χ1n) is 12.4. The average Bonchev–Trinajstić information content (AvgIpc) is 3.19. The average molecular weight is 588 g/mol. The smallest absolute Gasteiger partial charge is 0.283 e. The Morgan fingerprint density at radius 1 is 0.902 bits per heavy atom. The fourth-order valence-electron chi connectivity index (χ4n) is 4.12. The maximum absolute atomic E-state index is 13.6. The van der Waals surface area contributed by atoms with Gasteiger partial charge in [0, 0.05) is 21.2 Å². The topological polar surface area (TPSA) is 87.7 Å². The monoisotopic (exact) mass is 587 g/mol. The SMILES string of the molecule is COc1ccc(C)cc1NC1=C(Sc2ccc(NC(=O)c3ccc(Cl)cc3)cc2)C(=O)N(c2ccc(F)cc2)C1=O. The molecule has 10 heteroatoms. The van der Waals surface area contributed by atoms with Gasteiger partial charge in [-0.1, -0.05) is 29.4 Å². The van der Waals surface area contributed by atoms with Crippen molar-refractivity contribution < 1.29 is 23.5 Å². The number of aryl methyl sites for hydroxylation is 1. The van der Waals surface area contributed by atoms with E-state index in [0.29, 0.717) is 32.6 Å². The molecule has 1 heterocycles. The molecule has 0 radical (unpaired) electrons. The second-order valence-electron chi connectivity index (χ2n) is 9.04. The molecule has 0 fully saturated rings. The highest BCUT2D eigenvalue weighted by molar-refractivity contribution is 8.04. The normalized spacial score (nSPS) is 13.0. The molecule has 0 bridgehead atoms. The molecule has 5 rings (SSSR count). The summed E-state index contributed by atoms with van der Waals surface area (Å²) in [7, 11) is 1.51. The van der Waals surface area contributed by atoms with E-state index >= 15 is 0 Å². The van der Waals surface area contributed by atoms with E-state index in [0.717, 1.165) is 22.2 Å². The van der Waals surface area contributed by atoms with Gasteiger partial charge in [0.25, 0.3) is 17.7 Å². The number of hydrogen-bond acceptors (Lipinski definition) is 6. The van der Waals surface area contributed by atoms with Crippen molar-refractivity contribution in [3.05, 3.63) is 124 Å². The van der Waals surface area contributed by atoms with E-state index in [1.807, 2.05) is 19.1 Å². The lowest BCUT2D eigenvalue weighted by Crippen LogP contribution is -2.32. The predicted octanol–water partition coefficient (Wildman–Crippen LogP) is 7.04. The number of ether oxygens (including phenoxy) is 1. The number of halogens is 2. The molecule has 41 heavy (non-hydrogen) atoms. The second-order valence-corrected chi connectivity index (χ2v) is 10.6.